The summed E-state index contributed by atoms with van der Waals surface area (Å²) in [6.45, 7) is 1.79. The predicted molar refractivity (Wildman–Crippen MR) is 97.5 cm³/mol. The molecule has 0 amide bonds. The highest BCUT2D eigenvalue weighted by Gasteiger charge is 2.48. The molecular formula is C21H34O4. The van der Waals surface area contributed by atoms with Crippen molar-refractivity contribution in [1.82, 2.24) is 0 Å². The third kappa shape index (κ3) is 5.55. The lowest BCUT2D eigenvalue weighted by molar-refractivity contribution is -0.137. The molecule has 0 aromatic heterocycles. The second kappa shape index (κ2) is 9.72. The fourth-order valence-electron chi connectivity index (χ4n) is 4.89. The maximum atomic E-state index is 10.5. The Morgan fingerprint density at radius 2 is 1.76 bits per heavy atom. The van der Waals surface area contributed by atoms with Crippen molar-refractivity contribution in [2.45, 2.75) is 82.8 Å². The van der Waals surface area contributed by atoms with Gasteiger partial charge in [0, 0.05) is 18.9 Å². The minimum Gasteiger partial charge on any atom is -0.481 e. The first kappa shape index (κ1) is 18.9. The molecule has 4 heteroatoms. The zero-order chi connectivity index (χ0) is 17.5. The van der Waals surface area contributed by atoms with Gasteiger partial charge in [-0.3, -0.25) is 4.79 Å². The number of ether oxygens (including phenoxy) is 2. The van der Waals surface area contributed by atoms with Crippen molar-refractivity contribution in [1.29, 1.82) is 0 Å². The molecule has 0 aromatic rings. The Labute approximate surface area is 152 Å². The van der Waals surface area contributed by atoms with Crippen molar-refractivity contribution in [2.24, 2.45) is 17.8 Å². The Hall–Kier alpha value is -0.870. The Balaban J connectivity index is 1.38. The maximum absolute atomic E-state index is 10.5. The van der Waals surface area contributed by atoms with Crippen LogP contribution >= 0.6 is 0 Å². The molecule has 2 saturated heterocycles. The summed E-state index contributed by atoms with van der Waals surface area (Å²) in [6, 6.07) is 0. The summed E-state index contributed by atoms with van der Waals surface area (Å²) >= 11 is 0. The summed E-state index contributed by atoms with van der Waals surface area (Å²) < 4.78 is 12.3. The van der Waals surface area contributed by atoms with Crippen LogP contribution in [-0.4, -0.2) is 36.5 Å². The zero-order valence-corrected chi connectivity index (χ0v) is 15.4. The zero-order valence-electron chi connectivity index (χ0n) is 15.4. The maximum Gasteiger partial charge on any atom is 0.303 e. The highest BCUT2D eigenvalue weighted by molar-refractivity contribution is 5.66. The van der Waals surface area contributed by atoms with E-state index in [1.54, 1.807) is 0 Å². The SMILES string of the molecule is O=C(O)CCC/C=C\CC1C2CCC(O2)C1COCC1CCCCC1. The fourth-order valence-corrected chi connectivity index (χ4v) is 4.89. The van der Waals surface area contributed by atoms with E-state index in [0.717, 1.165) is 38.4 Å². The molecule has 2 bridgehead atoms. The second-order valence-electron chi connectivity index (χ2n) is 8.15. The Morgan fingerprint density at radius 3 is 2.52 bits per heavy atom. The quantitative estimate of drug-likeness (QED) is 0.463. The lowest BCUT2D eigenvalue weighted by atomic mass is 9.78. The number of allylic oxidation sites excluding steroid dienone is 2. The van der Waals surface area contributed by atoms with Gasteiger partial charge in [-0.2, -0.15) is 0 Å². The van der Waals surface area contributed by atoms with Crippen molar-refractivity contribution in [3.63, 3.8) is 0 Å². The molecule has 1 saturated carbocycles. The first-order valence-corrected chi connectivity index (χ1v) is 10.3. The lowest BCUT2D eigenvalue weighted by Crippen LogP contribution is -2.31. The number of hydrogen-bond acceptors (Lipinski definition) is 3. The third-order valence-electron chi connectivity index (χ3n) is 6.32. The highest BCUT2D eigenvalue weighted by atomic mass is 16.5. The van der Waals surface area contributed by atoms with Crippen molar-refractivity contribution in [3.05, 3.63) is 12.2 Å². The van der Waals surface area contributed by atoms with Gasteiger partial charge in [0.1, 0.15) is 0 Å². The van der Waals surface area contributed by atoms with Gasteiger partial charge in [-0.15, -0.1) is 0 Å². The van der Waals surface area contributed by atoms with Crippen molar-refractivity contribution < 1.29 is 19.4 Å². The van der Waals surface area contributed by atoms with Crippen LogP contribution in [0.5, 0.6) is 0 Å². The first-order chi connectivity index (χ1) is 12.2. The van der Waals surface area contributed by atoms with Crippen molar-refractivity contribution >= 4 is 5.97 Å². The molecule has 4 unspecified atom stereocenters. The monoisotopic (exact) mass is 350 g/mol. The summed E-state index contributed by atoms with van der Waals surface area (Å²) in [5, 5.41) is 8.67. The predicted octanol–water partition coefficient (Wildman–Crippen LogP) is 4.58. The summed E-state index contributed by atoms with van der Waals surface area (Å²) in [4.78, 5) is 10.5. The van der Waals surface area contributed by atoms with Crippen LogP contribution in [0.3, 0.4) is 0 Å². The number of fused-ring (bicyclic) bond motifs is 2. The number of carbonyl (C=O) groups is 1. The van der Waals surface area contributed by atoms with Gasteiger partial charge in [0.15, 0.2) is 0 Å². The third-order valence-corrected chi connectivity index (χ3v) is 6.32. The molecule has 0 aromatic carbocycles. The lowest BCUT2D eigenvalue weighted by Gasteiger charge is -2.28. The van der Waals surface area contributed by atoms with Crippen LogP contribution in [0.4, 0.5) is 0 Å². The normalized spacial score (nSPS) is 32.6. The topological polar surface area (TPSA) is 55.8 Å². The molecular weight excluding hydrogens is 316 g/mol. The van der Waals surface area contributed by atoms with E-state index in [4.69, 9.17) is 14.6 Å². The smallest absolute Gasteiger partial charge is 0.303 e. The van der Waals surface area contributed by atoms with E-state index in [2.05, 4.69) is 12.2 Å². The molecule has 2 aliphatic heterocycles. The Bertz CT molecular complexity index is 441. The van der Waals surface area contributed by atoms with Gasteiger partial charge in [0.05, 0.1) is 18.8 Å². The summed E-state index contributed by atoms with van der Waals surface area (Å²) in [5.41, 5.74) is 0. The van der Waals surface area contributed by atoms with Gasteiger partial charge in [-0.25, -0.2) is 0 Å². The number of carboxylic acids is 1. The van der Waals surface area contributed by atoms with Crippen LogP contribution in [0, 0.1) is 17.8 Å². The molecule has 4 nitrogen and oxygen atoms in total. The van der Waals surface area contributed by atoms with Crippen LogP contribution < -0.4 is 0 Å². The van der Waals surface area contributed by atoms with Gasteiger partial charge in [-0.1, -0.05) is 31.4 Å². The van der Waals surface area contributed by atoms with E-state index in [1.807, 2.05) is 0 Å². The van der Waals surface area contributed by atoms with E-state index in [0.29, 0.717) is 24.0 Å². The van der Waals surface area contributed by atoms with Crippen LogP contribution in [0.2, 0.25) is 0 Å². The Kier molecular flexibility index (Phi) is 7.35. The molecule has 0 radical (unpaired) electrons. The number of carboxylic acid groups (broad SMARTS) is 1. The van der Waals surface area contributed by atoms with Crippen molar-refractivity contribution in [3.8, 4) is 0 Å². The average molecular weight is 350 g/mol. The molecule has 2 heterocycles. The van der Waals surface area contributed by atoms with Crippen LogP contribution in [0.15, 0.2) is 12.2 Å². The van der Waals surface area contributed by atoms with Gasteiger partial charge in [0.2, 0.25) is 0 Å². The number of hydrogen-bond donors (Lipinski definition) is 1. The van der Waals surface area contributed by atoms with Gasteiger partial charge < -0.3 is 14.6 Å². The van der Waals surface area contributed by atoms with Gasteiger partial charge in [0.25, 0.3) is 0 Å². The minimum absolute atomic E-state index is 0.263. The van der Waals surface area contributed by atoms with Crippen molar-refractivity contribution in [2.75, 3.05) is 13.2 Å². The van der Waals surface area contributed by atoms with Crippen LogP contribution in [0.25, 0.3) is 0 Å². The molecule has 1 aliphatic carbocycles. The summed E-state index contributed by atoms with van der Waals surface area (Å²) in [7, 11) is 0. The van der Waals surface area contributed by atoms with E-state index in [-0.39, 0.29) is 6.42 Å². The molecule has 142 valence electrons. The summed E-state index contributed by atoms with van der Waals surface area (Å²) in [5.74, 6) is 1.21. The number of unbranched alkanes of at least 4 members (excludes halogenated alkanes) is 1. The minimum atomic E-state index is -0.704. The molecule has 1 N–H and O–H groups in total. The van der Waals surface area contributed by atoms with Crippen LogP contribution in [-0.2, 0) is 14.3 Å². The average Bonchev–Trinajstić information content (AvgIpc) is 3.21. The standard InChI is InChI=1S/C21H34O4/c22-21(23)11-7-2-1-6-10-17-18(20-13-12-19(17)25-20)15-24-14-16-8-4-3-5-9-16/h1,6,16-20H,2-5,7-15H2,(H,22,23)/b6-1-. The van der Waals surface area contributed by atoms with E-state index < -0.39 is 5.97 Å². The van der Waals surface area contributed by atoms with Gasteiger partial charge >= 0.3 is 5.97 Å². The number of rotatable bonds is 10. The Morgan fingerprint density at radius 1 is 1.00 bits per heavy atom. The summed E-state index contributed by atoms with van der Waals surface area (Å²) in [6.07, 6.45) is 17.3. The molecule has 4 atom stereocenters. The molecule has 3 rings (SSSR count). The second-order valence-corrected chi connectivity index (χ2v) is 8.15. The molecule has 3 fully saturated rings. The van der Waals surface area contributed by atoms with E-state index in [9.17, 15) is 4.79 Å². The molecule has 0 spiro atoms. The largest absolute Gasteiger partial charge is 0.481 e. The van der Waals surface area contributed by atoms with Gasteiger partial charge in [-0.05, 0) is 56.8 Å². The fraction of sp³-hybridized carbons (Fsp3) is 0.857. The van der Waals surface area contributed by atoms with E-state index in [1.165, 1.54) is 44.9 Å². The number of aliphatic carboxylic acids is 1. The van der Waals surface area contributed by atoms with Crippen LogP contribution in [0.1, 0.15) is 70.6 Å². The highest BCUT2D eigenvalue weighted by Crippen LogP contribution is 2.45. The molecule has 3 aliphatic rings. The first-order valence-electron chi connectivity index (χ1n) is 10.3. The molecule has 25 heavy (non-hydrogen) atoms. The van der Waals surface area contributed by atoms with E-state index >= 15 is 0 Å².